The first-order valence-corrected chi connectivity index (χ1v) is 5.99. The number of benzene rings is 1. The summed E-state index contributed by atoms with van der Waals surface area (Å²) in [6, 6.07) is 5.70. The van der Waals surface area contributed by atoms with Crippen molar-refractivity contribution >= 4 is 15.9 Å². The number of halogens is 2. The Hall–Kier alpha value is -1.69. The van der Waals surface area contributed by atoms with E-state index in [0.717, 1.165) is 4.57 Å². The summed E-state index contributed by atoms with van der Waals surface area (Å²) in [5.41, 5.74) is -0.102. The van der Waals surface area contributed by atoms with Crippen LogP contribution in [0, 0.1) is 5.82 Å². The Morgan fingerprint density at radius 2 is 2.00 bits per heavy atom. The highest BCUT2D eigenvalue weighted by atomic mass is 79.9. The molecule has 0 saturated heterocycles. The van der Waals surface area contributed by atoms with Gasteiger partial charge in [0.1, 0.15) is 5.82 Å². The van der Waals surface area contributed by atoms with E-state index in [1.165, 1.54) is 22.9 Å². The van der Waals surface area contributed by atoms with Crippen LogP contribution in [-0.2, 0) is 13.6 Å². The molecule has 94 valence electrons. The average Bonchev–Trinajstić information content (AvgIpc) is 2.34. The lowest BCUT2D eigenvalue weighted by molar-refractivity contribution is 0.614. The summed E-state index contributed by atoms with van der Waals surface area (Å²) in [5.74, 6) is -0.382. The fraction of sp³-hybridized carbons (Fsp3) is 0.167. The molecule has 0 unspecified atom stereocenters. The second kappa shape index (κ2) is 4.89. The van der Waals surface area contributed by atoms with Crippen LogP contribution in [0.25, 0.3) is 0 Å². The molecule has 18 heavy (non-hydrogen) atoms. The second-order valence-electron chi connectivity index (χ2n) is 3.88. The maximum absolute atomic E-state index is 13.1. The normalized spacial score (nSPS) is 10.6. The molecule has 0 spiro atoms. The van der Waals surface area contributed by atoms with Crippen molar-refractivity contribution in [3.63, 3.8) is 0 Å². The molecule has 2 rings (SSSR count). The Kier molecular flexibility index (Phi) is 3.47. The highest BCUT2D eigenvalue weighted by Crippen LogP contribution is 2.16. The zero-order valence-corrected chi connectivity index (χ0v) is 11.1. The molecule has 0 aliphatic rings. The second-order valence-corrected chi connectivity index (χ2v) is 4.74. The van der Waals surface area contributed by atoms with Gasteiger partial charge >= 0.3 is 5.69 Å². The molecular weight excluding hydrogens is 303 g/mol. The van der Waals surface area contributed by atoms with Crippen LogP contribution >= 0.6 is 15.9 Å². The van der Waals surface area contributed by atoms with Crippen molar-refractivity contribution in [3.8, 4) is 0 Å². The van der Waals surface area contributed by atoms with Crippen LogP contribution in [0.15, 0.2) is 44.5 Å². The van der Waals surface area contributed by atoms with Crippen LogP contribution in [0.1, 0.15) is 5.56 Å². The van der Waals surface area contributed by atoms with Crippen molar-refractivity contribution in [2.75, 3.05) is 0 Å². The highest BCUT2D eigenvalue weighted by molar-refractivity contribution is 9.10. The molecule has 0 aliphatic heterocycles. The summed E-state index contributed by atoms with van der Waals surface area (Å²) < 4.78 is 15.8. The van der Waals surface area contributed by atoms with Crippen molar-refractivity contribution in [3.05, 3.63) is 67.2 Å². The molecule has 0 radical (unpaired) electrons. The van der Waals surface area contributed by atoms with Crippen LogP contribution < -0.4 is 11.2 Å². The zero-order chi connectivity index (χ0) is 13.3. The predicted octanol–water partition coefficient (Wildman–Crippen LogP) is 1.50. The Labute approximate surface area is 110 Å². The lowest BCUT2D eigenvalue weighted by Gasteiger charge is -2.07. The van der Waals surface area contributed by atoms with Crippen LogP contribution in [0.4, 0.5) is 4.39 Å². The van der Waals surface area contributed by atoms with Gasteiger partial charge < -0.3 is 4.57 Å². The van der Waals surface area contributed by atoms with Crippen LogP contribution in [0.3, 0.4) is 0 Å². The van der Waals surface area contributed by atoms with Gasteiger partial charge in [0.2, 0.25) is 0 Å². The van der Waals surface area contributed by atoms with Gasteiger partial charge in [-0.15, -0.1) is 0 Å². The number of hydrogen-bond donors (Lipinski definition) is 0. The molecular formula is C12H10BrFN2O2. The summed E-state index contributed by atoms with van der Waals surface area (Å²) in [6.45, 7) is 0.116. The van der Waals surface area contributed by atoms with Gasteiger partial charge in [0, 0.05) is 19.3 Å². The number of nitrogens with zero attached hydrogens (tertiary/aromatic N) is 2. The molecule has 0 saturated carbocycles. The third-order valence-electron chi connectivity index (χ3n) is 2.56. The molecule has 0 fully saturated rings. The van der Waals surface area contributed by atoms with E-state index >= 15 is 0 Å². The quantitative estimate of drug-likeness (QED) is 0.843. The average molecular weight is 313 g/mol. The van der Waals surface area contributed by atoms with E-state index in [9.17, 15) is 14.0 Å². The molecule has 0 N–H and O–H groups in total. The van der Waals surface area contributed by atoms with E-state index < -0.39 is 5.69 Å². The van der Waals surface area contributed by atoms with Crippen molar-refractivity contribution in [2.45, 2.75) is 6.54 Å². The first-order valence-electron chi connectivity index (χ1n) is 5.19. The van der Waals surface area contributed by atoms with Gasteiger partial charge in [-0.3, -0.25) is 9.36 Å². The smallest absolute Gasteiger partial charge is 0.303 e. The summed E-state index contributed by atoms with van der Waals surface area (Å²) in [6.07, 6.45) is 1.42. The topological polar surface area (TPSA) is 44.0 Å². The molecule has 6 heteroatoms. The minimum Gasteiger partial charge on any atom is -0.303 e. The van der Waals surface area contributed by atoms with Crippen molar-refractivity contribution < 1.29 is 4.39 Å². The lowest BCUT2D eigenvalue weighted by Crippen LogP contribution is -2.38. The molecule has 1 aromatic heterocycles. The van der Waals surface area contributed by atoms with E-state index in [1.54, 1.807) is 19.2 Å². The van der Waals surface area contributed by atoms with Crippen molar-refractivity contribution in [2.24, 2.45) is 7.05 Å². The van der Waals surface area contributed by atoms with Crippen molar-refractivity contribution in [1.29, 1.82) is 0 Å². The van der Waals surface area contributed by atoms with E-state index in [-0.39, 0.29) is 17.9 Å². The van der Waals surface area contributed by atoms with E-state index in [2.05, 4.69) is 15.9 Å². The SMILES string of the molecule is Cn1ccc(=O)n(Cc2ccc(F)c(Br)c2)c1=O. The Morgan fingerprint density at radius 3 is 2.67 bits per heavy atom. The largest absolute Gasteiger partial charge is 0.331 e. The molecule has 0 aliphatic carbocycles. The predicted molar refractivity (Wildman–Crippen MR) is 69.1 cm³/mol. The fourth-order valence-corrected chi connectivity index (χ4v) is 2.01. The summed E-state index contributed by atoms with van der Waals surface area (Å²) >= 11 is 3.07. The maximum atomic E-state index is 13.1. The first kappa shape index (κ1) is 12.8. The zero-order valence-electron chi connectivity index (χ0n) is 9.56. The number of rotatable bonds is 2. The standard InChI is InChI=1S/C12H10BrFN2O2/c1-15-5-4-11(17)16(12(15)18)7-8-2-3-10(14)9(13)6-8/h2-6H,7H2,1H3. The summed E-state index contributed by atoms with van der Waals surface area (Å²) in [7, 11) is 1.57. The molecule has 4 nitrogen and oxygen atoms in total. The highest BCUT2D eigenvalue weighted by Gasteiger charge is 2.06. The third-order valence-corrected chi connectivity index (χ3v) is 3.17. The van der Waals surface area contributed by atoms with Gasteiger partial charge in [-0.2, -0.15) is 0 Å². The number of aromatic nitrogens is 2. The van der Waals surface area contributed by atoms with Gasteiger partial charge in [-0.1, -0.05) is 6.07 Å². The minimum absolute atomic E-state index is 0.116. The Bertz CT molecular complexity index is 706. The lowest BCUT2D eigenvalue weighted by atomic mass is 10.2. The number of aryl methyl sites for hydroxylation is 1. The molecule has 1 aromatic carbocycles. The monoisotopic (exact) mass is 312 g/mol. The molecule has 0 bridgehead atoms. The summed E-state index contributed by atoms with van der Waals surface area (Å²) in [5, 5.41) is 0. The van der Waals surface area contributed by atoms with E-state index in [1.807, 2.05) is 0 Å². The Balaban J connectivity index is 2.46. The first-order chi connectivity index (χ1) is 8.49. The number of hydrogen-bond acceptors (Lipinski definition) is 2. The Morgan fingerprint density at radius 1 is 1.28 bits per heavy atom. The molecule has 0 atom stereocenters. The van der Waals surface area contributed by atoms with Gasteiger partial charge in [0.25, 0.3) is 5.56 Å². The van der Waals surface area contributed by atoms with Crippen LogP contribution in [-0.4, -0.2) is 9.13 Å². The maximum Gasteiger partial charge on any atom is 0.331 e. The minimum atomic E-state index is -0.400. The van der Waals surface area contributed by atoms with Crippen molar-refractivity contribution in [1.82, 2.24) is 9.13 Å². The van der Waals surface area contributed by atoms with E-state index in [4.69, 9.17) is 0 Å². The van der Waals surface area contributed by atoms with Crippen LogP contribution in [0.2, 0.25) is 0 Å². The molecule has 2 aromatic rings. The van der Waals surface area contributed by atoms with Gasteiger partial charge in [-0.25, -0.2) is 9.18 Å². The summed E-state index contributed by atoms with van der Waals surface area (Å²) in [4.78, 5) is 23.4. The molecule has 0 amide bonds. The molecule has 1 heterocycles. The van der Waals surface area contributed by atoms with E-state index in [0.29, 0.717) is 10.0 Å². The third kappa shape index (κ3) is 2.43. The van der Waals surface area contributed by atoms with Gasteiger partial charge in [0.05, 0.1) is 11.0 Å². The fourth-order valence-electron chi connectivity index (χ4n) is 1.58. The van der Waals surface area contributed by atoms with Gasteiger partial charge in [-0.05, 0) is 33.6 Å². The van der Waals surface area contributed by atoms with Gasteiger partial charge in [0.15, 0.2) is 0 Å². The van der Waals surface area contributed by atoms with Crippen LogP contribution in [0.5, 0.6) is 0 Å².